The van der Waals surface area contributed by atoms with Crippen LogP contribution >= 0.6 is 23.2 Å². The van der Waals surface area contributed by atoms with Crippen LogP contribution in [0, 0.1) is 0 Å². The van der Waals surface area contributed by atoms with Gasteiger partial charge in [-0.15, -0.1) is 0 Å². The highest BCUT2D eigenvalue weighted by molar-refractivity contribution is 6.35. The quantitative estimate of drug-likeness (QED) is 0.778. The van der Waals surface area contributed by atoms with Crippen LogP contribution in [0.3, 0.4) is 0 Å². The van der Waals surface area contributed by atoms with E-state index in [9.17, 15) is 9.59 Å². The number of ether oxygens (including phenoxy) is 1. The monoisotopic (exact) mass is 394 g/mol. The second-order valence-corrected chi connectivity index (χ2v) is 6.56. The molecule has 7 heteroatoms. The third-order valence-electron chi connectivity index (χ3n) is 3.71. The second-order valence-electron chi connectivity index (χ2n) is 5.68. The number of methoxy groups -OCH3 is 1. The van der Waals surface area contributed by atoms with Gasteiger partial charge in [-0.25, -0.2) is 0 Å². The smallest absolute Gasteiger partial charge is 0.240 e. The Balaban J connectivity index is 1.94. The van der Waals surface area contributed by atoms with Crippen LogP contribution in [0.5, 0.6) is 5.75 Å². The van der Waals surface area contributed by atoms with Crippen molar-refractivity contribution in [1.82, 2.24) is 5.32 Å². The van der Waals surface area contributed by atoms with E-state index in [2.05, 4.69) is 5.32 Å². The first kappa shape index (κ1) is 20.1. The van der Waals surface area contributed by atoms with Crippen molar-refractivity contribution < 1.29 is 14.3 Å². The van der Waals surface area contributed by atoms with E-state index in [4.69, 9.17) is 27.9 Å². The molecular formula is C19H20Cl2N2O3. The van der Waals surface area contributed by atoms with Crippen LogP contribution in [0.4, 0.5) is 5.69 Å². The van der Waals surface area contributed by atoms with E-state index in [-0.39, 0.29) is 18.4 Å². The van der Waals surface area contributed by atoms with Crippen LogP contribution in [0.2, 0.25) is 10.0 Å². The fraction of sp³-hybridized carbons (Fsp3) is 0.263. The number of carbonyl (C=O) groups excluding carboxylic acids is 2. The molecule has 2 aromatic rings. The fourth-order valence-corrected chi connectivity index (χ4v) is 2.97. The van der Waals surface area contributed by atoms with Crippen molar-refractivity contribution >= 4 is 40.7 Å². The molecule has 0 saturated heterocycles. The summed E-state index contributed by atoms with van der Waals surface area (Å²) in [5, 5.41) is 3.61. The van der Waals surface area contributed by atoms with Crippen molar-refractivity contribution in [3.05, 3.63) is 58.1 Å². The maximum atomic E-state index is 12.2. The number of halogens is 2. The molecule has 0 heterocycles. The molecule has 0 aliphatic carbocycles. The molecule has 0 unspecified atom stereocenters. The predicted octanol–water partition coefficient (Wildman–Crippen LogP) is 3.71. The van der Waals surface area contributed by atoms with E-state index >= 15 is 0 Å². The fourth-order valence-electron chi connectivity index (χ4n) is 2.45. The Hall–Kier alpha value is -2.24. The highest BCUT2D eigenvalue weighted by Crippen LogP contribution is 2.25. The molecule has 0 bridgehead atoms. The Bertz CT molecular complexity index is 776. The van der Waals surface area contributed by atoms with E-state index < -0.39 is 0 Å². The van der Waals surface area contributed by atoms with Gasteiger partial charge >= 0.3 is 0 Å². The lowest BCUT2D eigenvalue weighted by Crippen LogP contribution is -2.40. The summed E-state index contributed by atoms with van der Waals surface area (Å²) < 4.78 is 5.18. The van der Waals surface area contributed by atoms with Gasteiger partial charge in [0.2, 0.25) is 11.8 Å². The topological polar surface area (TPSA) is 58.6 Å². The van der Waals surface area contributed by atoms with Gasteiger partial charge in [-0.1, -0.05) is 35.3 Å². The van der Waals surface area contributed by atoms with Crippen LogP contribution in [-0.4, -0.2) is 32.0 Å². The average molecular weight is 395 g/mol. The van der Waals surface area contributed by atoms with Gasteiger partial charge in [0.05, 0.1) is 7.11 Å². The molecule has 2 amide bonds. The Kier molecular flexibility index (Phi) is 7.30. The molecule has 26 heavy (non-hydrogen) atoms. The molecular weight excluding hydrogens is 375 g/mol. The largest absolute Gasteiger partial charge is 0.497 e. The normalized spacial score (nSPS) is 10.3. The van der Waals surface area contributed by atoms with Gasteiger partial charge in [-0.2, -0.15) is 0 Å². The van der Waals surface area contributed by atoms with Gasteiger partial charge in [0.1, 0.15) is 12.3 Å². The summed E-state index contributed by atoms with van der Waals surface area (Å²) in [5.74, 6) is 0.236. The van der Waals surface area contributed by atoms with E-state index in [1.807, 2.05) is 24.3 Å². The zero-order chi connectivity index (χ0) is 19.1. The molecule has 0 atom stereocenters. The SMILES string of the molecule is COc1cccc(CCNC(=O)CN(C(C)=O)c2cc(Cl)cc(Cl)c2)c1. The van der Waals surface area contributed by atoms with Gasteiger partial charge in [0.25, 0.3) is 0 Å². The number of nitrogens with zero attached hydrogens (tertiary/aromatic N) is 1. The summed E-state index contributed by atoms with van der Waals surface area (Å²) in [4.78, 5) is 25.5. The lowest BCUT2D eigenvalue weighted by atomic mass is 10.1. The molecule has 0 radical (unpaired) electrons. The molecule has 138 valence electrons. The third kappa shape index (κ3) is 5.93. The van der Waals surface area contributed by atoms with Crippen LogP contribution in [0.25, 0.3) is 0 Å². The number of benzene rings is 2. The molecule has 0 saturated carbocycles. The van der Waals surface area contributed by atoms with Crippen molar-refractivity contribution in [3.63, 3.8) is 0 Å². The van der Waals surface area contributed by atoms with Gasteiger partial charge in [0.15, 0.2) is 0 Å². The standard InChI is InChI=1S/C19H20Cl2N2O3/c1-13(24)23(17-10-15(20)9-16(21)11-17)12-19(25)22-7-6-14-4-3-5-18(8-14)26-2/h3-5,8-11H,6-7,12H2,1-2H3,(H,22,25). The van der Waals surface area contributed by atoms with Crippen LogP contribution < -0.4 is 15.0 Å². The van der Waals surface area contributed by atoms with E-state index in [1.165, 1.54) is 11.8 Å². The predicted molar refractivity (Wildman–Crippen MR) is 104 cm³/mol. The minimum Gasteiger partial charge on any atom is -0.497 e. The van der Waals surface area contributed by atoms with Gasteiger partial charge in [-0.05, 0) is 42.3 Å². The molecule has 5 nitrogen and oxygen atoms in total. The first-order valence-corrected chi connectivity index (χ1v) is 8.78. The molecule has 0 fully saturated rings. The number of anilines is 1. The first-order valence-electron chi connectivity index (χ1n) is 8.03. The average Bonchev–Trinajstić information content (AvgIpc) is 2.58. The van der Waals surface area contributed by atoms with Crippen molar-refractivity contribution in [1.29, 1.82) is 0 Å². The Morgan fingerprint density at radius 1 is 1.12 bits per heavy atom. The van der Waals surface area contributed by atoms with Crippen molar-refractivity contribution in [2.24, 2.45) is 0 Å². The summed E-state index contributed by atoms with van der Waals surface area (Å²) in [6, 6.07) is 12.4. The van der Waals surface area contributed by atoms with Crippen molar-refractivity contribution in [3.8, 4) is 5.75 Å². The summed E-state index contributed by atoms with van der Waals surface area (Å²) >= 11 is 12.0. The lowest BCUT2D eigenvalue weighted by Gasteiger charge is -2.21. The number of hydrogen-bond donors (Lipinski definition) is 1. The van der Waals surface area contributed by atoms with Gasteiger partial charge < -0.3 is 15.0 Å². The highest BCUT2D eigenvalue weighted by atomic mass is 35.5. The molecule has 0 spiro atoms. The minimum atomic E-state index is -0.272. The van der Waals surface area contributed by atoms with Crippen LogP contribution in [-0.2, 0) is 16.0 Å². The lowest BCUT2D eigenvalue weighted by molar-refractivity contribution is -0.123. The maximum Gasteiger partial charge on any atom is 0.240 e. The number of hydrogen-bond acceptors (Lipinski definition) is 3. The van der Waals surface area contributed by atoms with E-state index in [1.54, 1.807) is 25.3 Å². The molecule has 2 rings (SSSR count). The van der Waals surface area contributed by atoms with Crippen molar-refractivity contribution in [2.75, 3.05) is 25.1 Å². The molecule has 0 aliphatic rings. The Morgan fingerprint density at radius 2 is 1.81 bits per heavy atom. The number of carbonyl (C=O) groups is 2. The molecule has 2 aromatic carbocycles. The number of nitrogens with one attached hydrogen (secondary N) is 1. The van der Waals surface area contributed by atoms with Gasteiger partial charge in [0, 0.05) is 29.2 Å². The first-order chi connectivity index (χ1) is 12.4. The van der Waals surface area contributed by atoms with E-state index in [0.29, 0.717) is 28.7 Å². The van der Waals surface area contributed by atoms with Crippen LogP contribution in [0.1, 0.15) is 12.5 Å². The minimum absolute atomic E-state index is 0.107. The zero-order valence-corrected chi connectivity index (χ0v) is 16.1. The number of amides is 2. The number of rotatable bonds is 7. The summed E-state index contributed by atoms with van der Waals surface area (Å²) in [7, 11) is 1.61. The zero-order valence-electron chi connectivity index (χ0n) is 14.6. The third-order valence-corrected chi connectivity index (χ3v) is 4.15. The Labute approximate surface area is 162 Å². The maximum absolute atomic E-state index is 12.2. The van der Waals surface area contributed by atoms with E-state index in [0.717, 1.165) is 11.3 Å². The summed E-state index contributed by atoms with van der Waals surface area (Å²) in [6.45, 7) is 1.73. The second kappa shape index (κ2) is 9.46. The summed E-state index contributed by atoms with van der Waals surface area (Å²) in [5.41, 5.74) is 1.53. The van der Waals surface area contributed by atoms with Crippen molar-refractivity contribution in [2.45, 2.75) is 13.3 Å². The summed E-state index contributed by atoms with van der Waals surface area (Å²) in [6.07, 6.45) is 0.659. The molecule has 1 N–H and O–H groups in total. The Morgan fingerprint density at radius 3 is 2.42 bits per heavy atom. The highest BCUT2D eigenvalue weighted by Gasteiger charge is 2.16. The van der Waals surface area contributed by atoms with Gasteiger partial charge in [-0.3, -0.25) is 9.59 Å². The molecule has 0 aromatic heterocycles. The molecule has 0 aliphatic heterocycles. The van der Waals surface area contributed by atoms with Crippen LogP contribution in [0.15, 0.2) is 42.5 Å².